The number of amides is 1. The zero-order chi connectivity index (χ0) is 13.0. The first-order chi connectivity index (χ1) is 7.91. The second-order valence-electron chi connectivity index (χ2n) is 4.75. The summed E-state index contributed by atoms with van der Waals surface area (Å²) in [5, 5.41) is 0. The molecule has 0 saturated heterocycles. The molecule has 1 aromatic carbocycles. The molecule has 0 bridgehead atoms. The number of hydrogen-bond donors (Lipinski definition) is 2. The Morgan fingerprint density at radius 2 is 1.82 bits per heavy atom. The van der Waals surface area contributed by atoms with Gasteiger partial charge in [0.25, 0.3) is 0 Å². The summed E-state index contributed by atoms with van der Waals surface area (Å²) in [5.41, 5.74) is 12.9. The van der Waals surface area contributed by atoms with E-state index >= 15 is 0 Å². The first-order valence-electron chi connectivity index (χ1n) is 5.75. The number of nitrogens with two attached hydrogens (primary N) is 2. The van der Waals surface area contributed by atoms with Gasteiger partial charge in [0.05, 0.1) is 6.04 Å². The molecule has 1 amide bonds. The highest BCUT2D eigenvalue weighted by molar-refractivity contribution is 5.80. The van der Waals surface area contributed by atoms with E-state index in [1.807, 2.05) is 50.1 Å². The highest BCUT2D eigenvalue weighted by Crippen LogP contribution is 2.13. The van der Waals surface area contributed by atoms with E-state index in [1.54, 1.807) is 0 Å². The van der Waals surface area contributed by atoms with Gasteiger partial charge in [0, 0.05) is 12.2 Å². The summed E-state index contributed by atoms with van der Waals surface area (Å²) in [4.78, 5) is 13.4. The van der Waals surface area contributed by atoms with Gasteiger partial charge < -0.3 is 11.5 Å². The lowest BCUT2D eigenvalue weighted by Crippen LogP contribution is -2.45. The standard InChI is InChI=1S/C13H21N3O/c1-9(2)12(13(15)17)16(3)8-10-4-6-11(14)7-5-10/h4-7,9,12H,8,14H2,1-3H3,(H2,15,17)/t12-/m0/s1. The Hall–Kier alpha value is -1.55. The van der Waals surface area contributed by atoms with Crippen molar-refractivity contribution in [2.45, 2.75) is 26.4 Å². The van der Waals surface area contributed by atoms with E-state index in [4.69, 9.17) is 11.5 Å². The summed E-state index contributed by atoms with van der Waals surface area (Å²) in [5.74, 6) is -0.0794. The summed E-state index contributed by atoms with van der Waals surface area (Å²) in [7, 11) is 1.91. The summed E-state index contributed by atoms with van der Waals surface area (Å²) in [6.07, 6.45) is 0. The van der Waals surface area contributed by atoms with Crippen molar-refractivity contribution < 1.29 is 4.79 Å². The van der Waals surface area contributed by atoms with Crippen LogP contribution >= 0.6 is 0 Å². The molecule has 4 N–H and O–H groups in total. The zero-order valence-electron chi connectivity index (χ0n) is 10.7. The largest absolute Gasteiger partial charge is 0.399 e. The van der Waals surface area contributed by atoms with Crippen LogP contribution in [0.3, 0.4) is 0 Å². The normalized spacial score (nSPS) is 13.0. The molecule has 17 heavy (non-hydrogen) atoms. The van der Waals surface area contributed by atoms with E-state index in [-0.39, 0.29) is 17.9 Å². The molecule has 0 heterocycles. The monoisotopic (exact) mass is 235 g/mol. The minimum absolute atomic E-state index is 0.200. The van der Waals surface area contributed by atoms with Gasteiger partial charge in [0.15, 0.2) is 0 Å². The van der Waals surface area contributed by atoms with Crippen molar-refractivity contribution in [3.63, 3.8) is 0 Å². The van der Waals surface area contributed by atoms with Gasteiger partial charge in [0.1, 0.15) is 0 Å². The van der Waals surface area contributed by atoms with Gasteiger partial charge in [-0.25, -0.2) is 0 Å². The molecule has 0 fully saturated rings. The molecule has 0 aliphatic heterocycles. The van der Waals surface area contributed by atoms with E-state index in [2.05, 4.69) is 0 Å². The first-order valence-corrected chi connectivity index (χ1v) is 5.75. The van der Waals surface area contributed by atoms with Crippen LogP contribution in [0.15, 0.2) is 24.3 Å². The van der Waals surface area contributed by atoms with Crippen LogP contribution in [0, 0.1) is 5.92 Å². The Morgan fingerprint density at radius 3 is 2.24 bits per heavy atom. The molecule has 94 valence electrons. The Kier molecular flexibility index (Phi) is 4.52. The molecule has 1 atom stereocenters. The number of anilines is 1. The van der Waals surface area contributed by atoms with Gasteiger partial charge in [-0.2, -0.15) is 0 Å². The number of rotatable bonds is 5. The van der Waals surface area contributed by atoms with Crippen molar-refractivity contribution >= 4 is 11.6 Å². The van der Waals surface area contributed by atoms with Crippen LogP contribution in [0.1, 0.15) is 19.4 Å². The molecule has 1 rings (SSSR count). The molecular formula is C13H21N3O. The van der Waals surface area contributed by atoms with Crippen molar-refractivity contribution in [1.29, 1.82) is 0 Å². The maximum absolute atomic E-state index is 11.4. The summed E-state index contributed by atoms with van der Waals surface area (Å²) in [6, 6.07) is 7.40. The van der Waals surface area contributed by atoms with Crippen molar-refractivity contribution in [2.75, 3.05) is 12.8 Å². The van der Waals surface area contributed by atoms with E-state index < -0.39 is 0 Å². The Morgan fingerprint density at radius 1 is 1.29 bits per heavy atom. The molecule has 0 aliphatic rings. The Bertz CT molecular complexity index is 373. The second kappa shape index (κ2) is 5.68. The highest BCUT2D eigenvalue weighted by atomic mass is 16.1. The zero-order valence-corrected chi connectivity index (χ0v) is 10.7. The van der Waals surface area contributed by atoms with E-state index in [0.717, 1.165) is 11.3 Å². The van der Waals surface area contributed by atoms with Gasteiger partial charge in [0.2, 0.25) is 5.91 Å². The maximum atomic E-state index is 11.4. The summed E-state index contributed by atoms with van der Waals surface area (Å²) in [6.45, 7) is 4.68. The molecule has 0 aromatic heterocycles. The predicted molar refractivity (Wildman–Crippen MR) is 70.1 cm³/mol. The smallest absolute Gasteiger partial charge is 0.235 e. The fraction of sp³-hybridized carbons (Fsp3) is 0.462. The maximum Gasteiger partial charge on any atom is 0.235 e. The third-order valence-corrected chi connectivity index (χ3v) is 2.81. The number of hydrogen-bond acceptors (Lipinski definition) is 3. The van der Waals surface area contributed by atoms with Crippen LogP contribution in [-0.2, 0) is 11.3 Å². The van der Waals surface area contributed by atoms with E-state index in [0.29, 0.717) is 6.54 Å². The average molecular weight is 235 g/mol. The van der Waals surface area contributed by atoms with E-state index in [9.17, 15) is 4.79 Å². The molecule has 0 saturated carbocycles. The van der Waals surface area contributed by atoms with Crippen LogP contribution in [-0.4, -0.2) is 23.9 Å². The predicted octanol–water partition coefficient (Wildman–Crippen LogP) is 1.21. The molecule has 0 unspecified atom stereocenters. The van der Waals surface area contributed by atoms with Crippen LogP contribution in [0.25, 0.3) is 0 Å². The second-order valence-corrected chi connectivity index (χ2v) is 4.75. The molecule has 4 nitrogen and oxygen atoms in total. The van der Waals surface area contributed by atoms with Crippen LogP contribution < -0.4 is 11.5 Å². The average Bonchev–Trinajstić information content (AvgIpc) is 2.20. The number of carbonyl (C=O) groups excluding carboxylic acids is 1. The van der Waals surface area contributed by atoms with Gasteiger partial charge in [-0.3, -0.25) is 9.69 Å². The van der Waals surface area contributed by atoms with Gasteiger partial charge in [-0.05, 0) is 30.7 Å². The number of nitrogen functional groups attached to an aromatic ring is 1. The van der Waals surface area contributed by atoms with Gasteiger partial charge in [-0.1, -0.05) is 26.0 Å². The number of benzene rings is 1. The van der Waals surface area contributed by atoms with Crippen molar-refractivity contribution in [2.24, 2.45) is 11.7 Å². The van der Waals surface area contributed by atoms with Crippen LogP contribution in [0.2, 0.25) is 0 Å². The van der Waals surface area contributed by atoms with Crippen LogP contribution in [0.5, 0.6) is 0 Å². The lowest BCUT2D eigenvalue weighted by molar-refractivity contribution is -0.124. The number of carbonyl (C=O) groups is 1. The third-order valence-electron chi connectivity index (χ3n) is 2.81. The minimum atomic E-state index is -0.280. The highest BCUT2D eigenvalue weighted by Gasteiger charge is 2.23. The Labute approximate surface area is 103 Å². The van der Waals surface area contributed by atoms with Crippen molar-refractivity contribution in [3.05, 3.63) is 29.8 Å². The summed E-state index contributed by atoms with van der Waals surface area (Å²) < 4.78 is 0. The van der Waals surface area contributed by atoms with Gasteiger partial charge in [-0.15, -0.1) is 0 Å². The quantitative estimate of drug-likeness (QED) is 0.753. The summed E-state index contributed by atoms with van der Waals surface area (Å²) >= 11 is 0. The molecular weight excluding hydrogens is 214 g/mol. The fourth-order valence-electron chi connectivity index (χ4n) is 2.06. The first kappa shape index (κ1) is 13.5. The van der Waals surface area contributed by atoms with Crippen LogP contribution in [0.4, 0.5) is 5.69 Å². The number of primary amides is 1. The SMILES string of the molecule is CC(C)[C@@H](C(N)=O)N(C)Cc1ccc(N)cc1. The topological polar surface area (TPSA) is 72.4 Å². The Balaban J connectivity index is 2.73. The van der Waals surface area contributed by atoms with Crippen molar-refractivity contribution in [1.82, 2.24) is 4.90 Å². The van der Waals surface area contributed by atoms with Gasteiger partial charge >= 0.3 is 0 Å². The third kappa shape index (κ3) is 3.75. The molecule has 4 heteroatoms. The number of nitrogens with zero attached hydrogens (tertiary/aromatic N) is 1. The lowest BCUT2D eigenvalue weighted by Gasteiger charge is -2.28. The molecule has 0 aliphatic carbocycles. The number of likely N-dealkylation sites (N-methyl/N-ethyl adjacent to an activating group) is 1. The molecule has 0 spiro atoms. The minimum Gasteiger partial charge on any atom is -0.399 e. The van der Waals surface area contributed by atoms with E-state index in [1.165, 1.54) is 0 Å². The van der Waals surface area contributed by atoms with Crippen molar-refractivity contribution in [3.8, 4) is 0 Å². The lowest BCUT2D eigenvalue weighted by atomic mass is 10.0. The fourth-order valence-corrected chi connectivity index (χ4v) is 2.06. The molecule has 1 aromatic rings. The molecule has 0 radical (unpaired) electrons.